The van der Waals surface area contributed by atoms with E-state index in [1.165, 1.54) is 31.1 Å². The molecule has 0 unspecified atom stereocenters. The lowest BCUT2D eigenvalue weighted by atomic mass is 9.54. The largest absolute Gasteiger partial charge is 0.508 e. The number of nitrogens with zero attached hydrogens (tertiary/aromatic N) is 1. The van der Waals surface area contributed by atoms with Crippen molar-refractivity contribution in [2.45, 2.75) is 62.7 Å². The summed E-state index contributed by atoms with van der Waals surface area (Å²) in [6.07, 6.45) is 2.30. The van der Waals surface area contributed by atoms with Gasteiger partial charge in [0.2, 0.25) is 5.78 Å². The third kappa shape index (κ3) is 3.95. The normalized spacial score (nSPS) is 32.0. The second-order valence-corrected chi connectivity index (χ2v) is 11.8. The molecule has 0 saturated heterocycles. The van der Waals surface area contributed by atoms with E-state index in [-0.39, 0.29) is 17.0 Å². The standard InChI is InChI=1S/C29H35N3O9/c1-11-15-13(30)9-10-14(33)17(15)22(34)18-16(11)24(41-28(39)12-7-5-4-6-8-12)20-21(32(2)3)23(35)19(27(31)38)26(37)29(20,40)25(18)36/h9-12,16,20-21,24,33-34,37,40H,4-8,30H2,1-3H3,(H2,31,38)/t11-,16+,20+,21-,24-,29-/m1/s1. The van der Waals surface area contributed by atoms with Crippen LogP contribution in [0.15, 0.2) is 29.0 Å². The van der Waals surface area contributed by atoms with Gasteiger partial charge < -0.3 is 36.6 Å². The second-order valence-electron chi connectivity index (χ2n) is 11.8. The number of likely N-dealkylation sites (N-methyl/N-ethyl adjacent to an activating group) is 1. The van der Waals surface area contributed by atoms with Crippen LogP contribution in [0.4, 0.5) is 5.69 Å². The van der Waals surface area contributed by atoms with Crippen LogP contribution in [-0.2, 0) is 23.9 Å². The lowest BCUT2D eigenvalue weighted by molar-refractivity contribution is -0.188. The van der Waals surface area contributed by atoms with Crippen molar-refractivity contribution in [2.24, 2.45) is 23.5 Å². The molecule has 12 heteroatoms. The minimum absolute atomic E-state index is 0.133. The highest BCUT2D eigenvalue weighted by Crippen LogP contribution is 2.58. The number of phenols is 1. The lowest BCUT2D eigenvalue weighted by Gasteiger charge is -2.54. The van der Waals surface area contributed by atoms with Crippen LogP contribution in [-0.4, -0.2) is 80.6 Å². The SMILES string of the molecule is C[C@@H]1c2c(N)ccc(O)c2C(O)=C2C(=O)[C@@]3(O)C(O)=C(C(N)=O)C(=O)[C@H](N(C)C)[C@H]3[C@H](OC(=O)C3CCCCC3)[C@H]21. The van der Waals surface area contributed by atoms with Gasteiger partial charge in [0.25, 0.3) is 5.91 Å². The van der Waals surface area contributed by atoms with Gasteiger partial charge in [0.15, 0.2) is 11.4 Å². The van der Waals surface area contributed by atoms with Gasteiger partial charge in [-0.15, -0.1) is 0 Å². The summed E-state index contributed by atoms with van der Waals surface area (Å²) in [4.78, 5) is 55.2. The molecule has 41 heavy (non-hydrogen) atoms. The van der Waals surface area contributed by atoms with E-state index in [1.807, 2.05) is 0 Å². The number of primary amides is 1. The maximum atomic E-state index is 14.3. The molecule has 4 aliphatic rings. The average Bonchev–Trinajstić information content (AvgIpc) is 2.91. The Balaban J connectivity index is 1.81. The van der Waals surface area contributed by atoms with Crippen molar-refractivity contribution >= 4 is 34.9 Å². The molecule has 0 spiro atoms. The number of hydrogen-bond donors (Lipinski definition) is 6. The van der Waals surface area contributed by atoms with Gasteiger partial charge in [0, 0.05) is 17.2 Å². The minimum Gasteiger partial charge on any atom is -0.508 e. The Morgan fingerprint density at radius 2 is 1.71 bits per heavy atom. The molecule has 0 radical (unpaired) electrons. The van der Waals surface area contributed by atoms with Crippen LogP contribution in [0.2, 0.25) is 0 Å². The number of rotatable bonds is 4. The summed E-state index contributed by atoms with van der Waals surface area (Å²) in [7, 11) is 2.96. The van der Waals surface area contributed by atoms with Gasteiger partial charge in [-0.05, 0) is 50.6 Å². The number of fused-ring (bicyclic) bond motifs is 3. The number of aliphatic hydroxyl groups excluding tert-OH is 2. The van der Waals surface area contributed by atoms with Gasteiger partial charge in [0.05, 0.1) is 23.4 Å². The van der Waals surface area contributed by atoms with E-state index in [0.29, 0.717) is 18.4 Å². The summed E-state index contributed by atoms with van der Waals surface area (Å²) >= 11 is 0. The first-order chi connectivity index (χ1) is 19.2. The van der Waals surface area contributed by atoms with E-state index in [1.54, 1.807) is 6.92 Å². The monoisotopic (exact) mass is 569 g/mol. The fourth-order valence-electron chi connectivity index (χ4n) is 7.41. The highest BCUT2D eigenvalue weighted by Gasteiger charge is 2.69. The summed E-state index contributed by atoms with van der Waals surface area (Å²) in [5.41, 5.74) is 7.69. The maximum absolute atomic E-state index is 14.3. The number of carbonyl (C=O) groups is 4. The van der Waals surface area contributed by atoms with Crippen molar-refractivity contribution in [3.05, 3.63) is 40.2 Å². The Hall–Kier alpha value is -3.90. The van der Waals surface area contributed by atoms with Crippen LogP contribution in [0.25, 0.3) is 5.76 Å². The zero-order valence-electron chi connectivity index (χ0n) is 23.1. The number of nitrogen functional groups attached to an aromatic ring is 1. The van der Waals surface area contributed by atoms with E-state index >= 15 is 0 Å². The molecular formula is C29H35N3O9. The van der Waals surface area contributed by atoms with Crippen molar-refractivity contribution in [3.8, 4) is 5.75 Å². The van der Waals surface area contributed by atoms with Crippen molar-refractivity contribution in [3.63, 3.8) is 0 Å². The summed E-state index contributed by atoms with van der Waals surface area (Å²) < 4.78 is 6.13. The first kappa shape index (κ1) is 28.6. The van der Waals surface area contributed by atoms with E-state index in [4.69, 9.17) is 16.2 Å². The van der Waals surface area contributed by atoms with E-state index in [0.717, 1.165) is 19.3 Å². The van der Waals surface area contributed by atoms with Crippen molar-refractivity contribution in [2.75, 3.05) is 19.8 Å². The predicted molar refractivity (Wildman–Crippen MR) is 145 cm³/mol. The Bertz CT molecular complexity index is 1420. The summed E-state index contributed by atoms with van der Waals surface area (Å²) in [5.74, 6) is -10.4. The van der Waals surface area contributed by atoms with E-state index < -0.39 is 87.5 Å². The molecule has 0 aliphatic heterocycles. The number of amides is 1. The van der Waals surface area contributed by atoms with Crippen LogP contribution in [0, 0.1) is 17.8 Å². The lowest BCUT2D eigenvalue weighted by Crippen LogP contribution is -2.71. The first-order valence-electron chi connectivity index (χ1n) is 13.7. The highest BCUT2D eigenvalue weighted by molar-refractivity contribution is 6.24. The summed E-state index contributed by atoms with van der Waals surface area (Å²) in [5, 5.41) is 45.5. The number of anilines is 1. The third-order valence-electron chi connectivity index (χ3n) is 9.30. The van der Waals surface area contributed by atoms with Crippen molar-refractivity contribution in [1.29, 1.82) is 0 Å². The van der Waals surface area contributed by atoms with Gasteiger partial charge in [-0.1, -0.05) is 26.2 Å². The number of phenolic OH excluding ortho intramolecular Hbond substituents is 1. The van der Waals surface area contributed by atoms with Crippen molar-refractivity contribution in [1.82, 2.24) is 4.90 Å². The van der Waals surface area contributed by atoms with Gasteiger partial charge in [-0.25, -0.2) is 0 Å². The minimum atomic E-state index is -2.97. The van der Waals surface area contributed by atoms with E-state index in [2.05, 4.69) is 0 Å². The molecule has 1 amide bonds. The number of hydrogen-bond acceptors (Lipinski definition) is 11. The number of benzene rings is 1. The van der Waals surface area contributed by atoms with Gasteiger partial charge in [0.1, 0.15) is 28.9 Å². The number of Topliss-reactive ketones (excluding diaryl/α,β-unsaturated/α-hetero) is 2. The molecule has 2 saturated carbocycles. The summed E-state index contributed by atoms with van der Waals surface area (Å²) in [6, 6.07) is 1.26. The van der Waals surface area contributed by atoms with Crippen LogP contribution >= 0.6 is 0 Å². The topological polar surface area (TPSA) is 214 Å². The highest BCUT2D eigenvalue weighted by atomic mass is 16.5. The van der Waals surface area contributed by atoms with Crippen LogP contribution in [0.1, 0.15) is 56.1 Å². The van der Waals surface area contributed by atoms with Crippen LogP contribution in [0.3, 0.4) is 0 Å². The summed E-state index contributed by atoms with van der Waals surface area (Å²) in [6.45, 7) is 1.67. The molecule has 8 N–H and O–H groups in total. The van der Waals surface area contributed by atoms with Gasteiger partial charge in [-0.2, -0.15) is 0 Å². The molecule has 0 aromatic heterocycles. The number of aliphatic hydroxyl groups is 3. The Kier molecular flexibility index (Phi) is 6.90. The van der Waals surface area contributed by atoms with Gasteiger partial charge >= 0.3 is 5.97 Å². The number of carbonyl (C=O) groups excluding carboxylic acids is 4. The molecule has 0 heterocycles. The quantitative estimate of drug-likeness (QED) is 0.131. The van der Waals surface area contributed by atoms with Crippen molar-refractivity contribution < 1.29 is 44.3 Å². The first-order valence-corrected chi connectivity index (χ1v) is 13.7. The molecule has 0 bridgehead atoms. The Morgan fingerprint density at radius 1 is 1.07 bits per heavy atom. The Morgan fingerprint density at radius 3 is 2.29 bits per heavy atom. The number of nitrogens with two attached hydrogens (primary N) is 2. The predicted octanol–water partition coefficient (Wildman–Crippen LogP) is 1.21. The molecule has 220 valence electrons. The average molecular weight is 570 g/mol. The molecule has 1 aromatic rings. The molecule has 12 nitrogen and oxygen atoms in total. The number of esters is 1. The molecule has 4 aliphatic carbocycles. The number of ether oxygens (including phenoxy) is 1. The molecule has 5 rings (SSSR count). The molecule has 2 fully saturated rings. The fourth-order valence-corrected chi connectivity index (χ4v) is 7.41. The van der Waals surface area contributed by atoms with Gasteiger partial charge in [-0.3, -0.25) is 24.1 Å². The smallest absolute Gasteiger partial charge is 0.309 e. The Labute approximate surface area is 236 Å². The third-order valence-corrected chi connectivity index (χ3v) is 9.30. The zero-order valence-corrected chi connectivity index (χ0v) is 23.1. The zero-order chi connectivity index (χ0) is 30.1. The molecule has 1 aromatic carbocycles. The molecule has 6 atom stereocenters. The van der Waals surface area contributed by atoms with Crippen LogP contribution in [0.5, 0.6) is 5.75 Å². The van der Waals surface area contributed by atoms with Crippen LogP contribution < -0.4 is 11.5 Å². The maximum Gasteiger partial charge on any atom is 0.309 e. The second kappa shape index (κ2) is 9.88. The molecular weight excluding hydrogens is 534 g/mol. The number of aromatic hydroxyl groups is 1. The fraction of sp³-hybridized carbons (Fsp3) is 0.517. The number of ketones is 2. The van der Waals surface area contributed by atoms with E-state index in [9.17, 15) is 39.6 Å².